The topological polar surface area (TPSA) is 52.5 Å². The molecule has 0 bridgehead atoms. The number of hydrogen-bond acceptors (Lipinski definition) is 3. The van der Waals surface area contributed by atoms with Gasteiger partial charge in [0.15, 0.2) is 0 Å². The Kier molecular flexibility index (Phi) is 4.07. The van der Waals surface area contributed by atoms with Crippen molar-refractivity contribution < 1.29 is 10.2 Å². The summed E-state index contributed by atoms with van der Waals surface area (Å²) in [5.41, 5.74) is 2.98. The maximum absolute atomic E-state index is 9.81. The predicted octanol–water partition coefficient (Wildman–Crippen LogP) is 3.26. The molecule has 100 valence electrons. The van der Waals surface area contributed by atoms with Crippen molar-refractivity contribution in [1.29, 1.82) is 0 Å². The van der Waals surface area contributed by atoms with Crippen LogP contribution in [0.4, 0.5) is 0 Å². The van der Waals surface area contributed by atoms with Gasteiger partial charge in [-0.25, -0.2) is 0 Å². The van der Waals surface area contributed by atoms with Gasteiger partial charge in [-0.3, -0.25) is 0 Å². The van der Waals surface area contributed by atoms with Gasteiger partial charge in [-0.2, -0.15) is 0 Å². The molecule has 0 fully saturated rings. The number of hydrogen-bond donors (Lipinski definition) is 3. The Morgan fingerprint density at radius 3 is 2.26 bits per heavy atom. The van der Waals surface area contributed by atoms with E-state index in [2.05, 4.69) is 24.4 Å². The average Bonchev–Trinajstić information content (AvgIpc) is 2.37. The molecule has 0 radical (unpaired) electrons. The maximum atomic E-state index is 9.81. The zero-order valence-electron chi connectivity index (χ0n) is 11.2. The minimum Gasteiger partial charge on any atom is -0.507 e. The van der Waals surface area contributed by atoms with Gasteiger partial charge < -0.3 is 15.5 Å². The third-order valence-corrected chi connectivity index (χ3v) is 3.35. The van der Waals surface area contributed by atoms with Crippen molar-refractivity contribution in [1.82, 2.24) is 5.32 Å². The lowest BCUT2D eigenvalue weighted by atomic mass is 10.0. The minimum absolute atomic E-state index is 0.116. The van der Waals surface area contributed by atoms with Crippen molar-refractivity contribution in [2.75, 3.05) is 0 Å². The van der Waals surface area contributed by atoms with Crippen LogP contribution >= 0.6 is 0 Å². The Labute approximate surface area is 113 Å². The Balaban J connectivity index is 2.10. The molecule has 0 aliphatic rings. The van der Waals surface area contributed by atoms with E-state index in [-0.39, 0.29) is 17.5 Å². The van der Waals surface area contributed by atoms with E-state index in [9.17, 15) is 10.2 Å². The molecule has 3 nitrogen and oxygen atoms in total. The lowest BCUT2D eigenvalue weighted by molar-refractivity contribution is 0.418. The highest BCUT2D eigenvalue weighted by atomic mass is 16.3. The highest BCUT2D eigenvalue weighted by Crippen LogP contribution is 2.32. The summed E-state index contributed by atoms with van der Waals surface area (Å²) < 4.78 is 0. The van der Waals surface area contributed by atoms with Crippen molar-refractivity contribution >= 4 is 0 Å². The summed E-state index contributed by atoms with van der Waals surface area (Å²) in [6.45, 7) is 4.69. The molecule has 19 heavy (non-hydrogen) atoms. The van der Waals surface area contributed by atoms with Crippen LogP contribution in [-0.2, 0) is 6.54 Å². The summed E-state index contributed by atoms with van der Waals surface area (Å²) in [7, 11) is 0. The second kappa shape index (κ2) is 5.76. The van der Waals surface area contributed by atoms with Gasteiger partial charge in [-0.15, -0.1) is 0 Å². The molecule has 0 aliphatic heterocycles. The fraction of sp³-hybridized carbons (Fsp3) is 0.250. The average molecular weight is 257 g/mol. The number of aryl methyl sites for hydroxylation is 1. The van der Waals surface area contributed by atoms with Crippen molar-refractivity contribution in [3.63, 3.8) is 0 Å². The smallest absolute Gasteiger partial charge is 0.124 e. The molecule has 0 aliphatic carbocycles. The molecule has 0 aromatic heterocycles. The molecule has 0 saturated heterocycles. The summed E-state index contributed by atoms with van der Waals surface area (Å²) in [5.74, 6) is 0.231. The van der Waals surface area contributed by atoms with E-state index in [1.54, 1.807) is 18.2 Å². The minimum atomic E-state index is -0.124. The van der Waals surface area contributed by atoms with Crippen LogP contribution in [0.1, 0.15) is 29.7 Å². The van der Waals surface area contributed by atoms with Gasteiger partial charge in [-0.1, -0.05) is 30.3 Å². The van der Waals surface area contributed by atoms with Gasteiger partial charge >= 0.3 is 0 Å². The molecule has 0 heterocycles. The molecule has 0 saturated carbocycles. The van der Waals surface area contributed by atoms with Crippen LogP contribution in [0.2, 0.25) is 0 Å². The summed E-state index contributed by atoms with van der Waals surface area (Å²) in [5, 5.41) is 22.9. The highest BCUT2D eigenvalue weighted by Gasteiger charge is 2.14. The first-order chi connectivity index (χ1) is 9.09. The second-order valence-corrected chi connectivity index (χ2v) is 4.74. The number of aromatic hydroxyl groups is 2. The van der Waals surface area contributed by atoms with E-state index >= 15 is 0 Å². The van der Waals surface area contributed by atoms with E-state index in [0.717, 1.165) is 0 Å². The van der Waals surface area contributed by atoms with Crippen LogP contribution in [0, 0.1) is 6.92 Å². The first-order valence-electron chi connectivity index (χ1n) is 6.38. The lowest BCUT2D eigenvalue weighted by Gasteiger charge is -2.17. The lowest BCUT2D eigenvalue weighted by Crippen LogP contribution is -2.18. The van der Waals surface area contributed by atoms with E-state index < -0.39 is 0 Å². The molecule has 3 N–H and O–H groups in total. The summed E-state index contributed by atoms with van der Waals surface area (Å²) >= 11 is 0. The largest absolute Gasteiger partial charge is 0.507 e. The van der Waals surface area contributed by atoms with Gasteiger partial charge in [0.25, 0.3) is 0 Å². The maximum Gasteiger partial charge on any atom is 0.124 e. The van der Waals surface area contributed by atoms with Crippen LogP contribution in [-0.4, -0.2) is 10.2 Å². The molecular weight excluding hydrogens is 238 g/mol. The second-order valence-electron chi connectivity index (χ2n) is 4.74. The molecule has 1 unspecified atom stereocenters. The normalized spacial score (nSPS) is 12.3. The zero-order chi connectivity index (χ0) is 13.8. The number of rotatable bonds is 4. The number of phenols is 2. The zero-order valence-corrected chi connectivity index (χ0v) is 11.2. The molecule has 2 aromatic rings. The van der Waals surface area contributed by atoms with E-state index in [4.69, 9.17) is 0 Å². The van der Waals surface area contributed by atoms with Crippen molar-refractivity contribution in [3.05, 3.63) is 59.2 Å². The van der Waals surface area contributed by atoms with E-state index in [0.29, 0.717) is 12.1 Å². The third kappa shape index (κ3) is 3.06. The van der Waals surface area contributed by atoms with Crippen LogP contribution in [0.25, 0.3) is 0 Å². The molecule has 2 aromatic carbocycles. The standard InChI is InChI=1S/C16H19NO2/c1-11-6-3-4-7-13(11)10-17-12(2)16-14(18)8-5-9-15(16)19/h3-9,12,17-19H,10H2,1-2H3. The Hall–Kier alpha value is -2.00. The molecule has 0 spiro atoms. The van der Waals surface area contributed by atoms with Gasteiger partial charge in [0, 0.05) is 12.6 Å². The Morgan fingerprint density at radius 2 is 1.63 bits per heavy atom. The first-order valence-corrected chi connectivity index (χ1v) is 6.38. The third-order valence-electron chi connectivity index (χ3n) is 3.35. The van der Waals surface area contributed by atoms with Crippen LogP contribution in [0.3, 0.4) is 0 Å². The quantitative estimate of drug-likeness (QED) is 0.788. The van der Waals surface area contributed by atoms with Crippen LogP contribution in [0.15, 0.2) is 42.5 Å². The summed E-state index contributed by atoms with van der Waals surface area (Å²) in [6.07, 6.45) is 0. The molecule has 3 heteroatoms. The van der Waals surface area contributed by atoms with Crippen molar-refractivity contribution in [3.8, 4) is 11.5 Å². The fourth-order valence-electron chi connectivity index (χ4n) is 2.16. The molecule has 2 rings (SSSR count). The Bertz CT molecular complexity index is 546. The monoisotopic (exact) mass is 257 g/mol. The summed E-state index contributed by atoms with van der Waals surface area (Å²) in [4.78, 5) is 0. The first kappa shape index (κ1) is 13.4. The van der Waals surface area contributed by atoms with Gasteiger partial charge in [0.05, 0.1) is 5.56 Å². The van der Waals surface area contributed by atoms with E-state index in [1.807, 2.05) is 19.1 Å². The predicted molar refractivity (Wildman–Crippen MR) is 76.2 cm³/mol. The molecule has 1 atom stereocenters. The SMILES string of the molecule is Cc1ccccc1CNC(C)c1c(O)cccc1O. The molecular formula is C16H19NO2. The van der Waals surface area contributed by atoms with E-state index in [1.165, 1.54) is 11.1 Å². The highest BCUT2D eigenvalue weighted by molar-refractivity contribution is 5.45. The van der Waals surface area contributed by atoms with Gasteiger partial charge in [0.2, 0.25) is 0 Å². The van der Waals surface area contributed by atoms with Gasteiger partial charge in [0.1, 0.15) is 11.5 Å². The fourth-order valence-corrected chi connectivity index (χ4v) is 2.16. The Morgan fingerprint density at radius 1 is 1.00 bits per heavy atom. The number of benzene rings is 2. The number of phenolic OH excluding ortho intramolecular Hbond substituents is 2. The molecule has 0 amide bonds. The van der Waals surface area contributed by atoms with Crippen LogP contribution in [0.5, 0.6) is 11.5 Å². The van der Waals surface area contributed by atoms with Crippen molar-refractivity contribution in [2.24, 2.45) is 0 Å². The van der Waals surface area contributed by atoms with Crippen LogP contribution < -0.4 is 5.32 Å². The summed E-state index contributed by atoms with van der Waals surface area (Å²) in [6, 6.07) is 12.8. The van der Waals surface area contributed by atoms with Gasteiger partial charge in [-0.05, 0) is 37.1 Å². The number of nitrogens with one attached hydrogen (secondary N) is 1. The van der Waals surface area contributed by atoms with Crippen molar-refractivity contribution in [2.45, 2.75) is 26.4 Å².